The van der Waals surface area contributed by atoms with Gasteiger partial charge in [0.2, 0.25) is 0 Å². The van der Waals surface area contributed by atoms with Crippen molar-refractivity contribution in [3.05, 3.63) is 77.9 Å². The summed E-state index contributed by atoms with van der Waals surface area (Å²) < 4.78 is 0. The highest BCUT2D eigenvalue weighted by Crippen LogP contribution is 2.10. The van der Waals surface area contributed by atoms with E-state index in [0.717, 1.165) is 38.3 Å². The number of quaternary nitrogens is 2. The molecule has 1 heterocycles. The molecule has 1 aliphatic heterocycles. The minimum atomic E-state index is -0.00688. The number of benzene rings is 2. The fourth-order valence-electron chi connectivity index (χ4n) is 3.84. The first-order chi connectivity index (χ1) is 13.6. The smallest absolute Gasteiger partial charge is 0.278 e. The van der Waals surface area contributed by atoms with Crippen LogP contribution in [0, 0.1) is 0 Å². The summed E-state index contributed by atoms with van der Waals surface area (Å²) in [4.78, 5) is 15.7. The molecule has 3 N–H and O–H groups in total. The zero-order chi connectivity index (χ0) is 19.8. The average molecular weight is 380 g/mol. The highest BCUT2D eigenvalue weighted by atomic mass is 16.2. The summed E-state index contributed by atoms with van der Waals surface area (Å²) in [6, 6.07) is 20.6. The first-order valence-corrected chi connectivity index (χ1v) is 10.4. The summed E-state index contributed by atoms with van der Waals surface area (Å²) in [5.74, 6) is 0.152. The highest BCUT2D eigenvalue weighted by Gasteiger charge is 2.31. The van der Waals surface area contributed by atoms with Crippen molar-refractivity contribution in [3.8, 4) is 0 Å². The van der Waals surface area contributed by atoms with Gasteiger partial charge >= 0.3 is 0 Å². The van der Waals surface area contributed by atoms with Crippen LogP contribution in [0.25, 0.3) is 6.08 Å². The van der Waals surface area contributed by atoms with E-state index in [4.69, 9.17) is 0 Å². The number of nitrogens with one attached hydrogen (secondary N) is 3. The molecule has 1 saturated heterocycles. The lowest BCUT2D eigenvalue weighted by Gasteiger charge is -2.32. The van der Waals surface area contributed by atoms with Gasteiger partial charge in [0.25, 0.3) is 5.91 Å². The van der Waals surface area contributed by atoms with Crippen LogP contribution in [-0.4, -0.2) is 44.7 Å². The number of carbonyl (C=O) groups is 1. The van der Waals surface area contributed by atoms with E-state index in [1.54, 1.807) is 4.90 Å². The molecule has 2 atom stereocenters. The number of piperazine rings is 1. The van der Waals surface area contributed by atoms with Crippen LogP contribution in [0.15, 0.2) is 66.7 Å². The third kappa shape index (κ3) is 5.78. The Morgan fingerprint density at radius 3 is 2.21 bits per heavy atom. The molecule has 2 aromatic rings. The van der Waals surface area contributed by atoms with Gasteiger partial charge < -0.3 is 15.1 Å². The van der Waals surface area contributed by atoms with Crippen LogP contribution < -0.4 is 15.1 Å². The zero-order valence-electron chi connectivity index (χ0n) is 17.0. The van der Waals surface area contributed by atoms with E-state index < -0.39 is 0 Å². The van der Waals surface area contributed by atoms with E-state index in [9.17, 15) is 4.79 Å². The van der Waals surface area contributed by atoms with Crippen molar-refractivity contribution in [2.45, 2.75) is 25.9 Å². The fraction of sp³-hybridized carbons (Fsp3) is 0.375. The van der Waals surface area contributed by atoms with Gasteiger partial charge in [-0.2, -0.15) is 0 Å². The van der Waals surface area contributed by atoms with E-state index in [2.05, 4.69) is 67.7 Å². The molecular formula is C24H33N3O+2. The van der Waals surface area contributed by atoms with Crippen LogP contribution in [0.2, 0.25) is 0 Å². The molecule has 4 heteroatoms. The molecule has 0 radical (unpaired) electrons. The topological polar surface area (TPSA) is 38.0 Å². The second-order valence-electron chi connectivity index (χ2n) is 7.79. The summed E-state index contributed by atoms with van der Waals surface area (Å²) in [5, 5.41) is 3.18. The van der Waals surface area contributed by atoms with Gasteiger partial charge in [-0.3, -0.25) is 4.79 Å². The lowest BCUT2D eigenvalue weighted by atomic mass is 10.1. The number of carbonyl (C=O) groups excluding carboxylic acids is 1. The van der Waals surface area contributed by atoms with Crippen LogP contribution in [0.1, 0.15) is 31.0 Å². The largest absolute Gasteiger partial charge is 0.344 e. The third-order valence-electron chi connectivity index (χ3n) is 5.78. The van der Waals surface area contributed by atoms with Gasteiger partial charge in [0.15, 0.2) is 6.04 Å². The molecule has 1 fully saturated rings. The van der Waals surface area contributed by atoms with Crippen LogP contribution in [-0.2, 0) is 4.79 Å². The maximum absolute atomic E-state index is 12.7. The minimum Gasteiger partial charge on any atom is -0.344 e. The molecule has 0 spiro atoms. The monoisotopic (exact) mass is 379 g/mol. The Hall–Kier alpha value is -2.43. The Morgan fingerprint density at radius 1 is 0.964 bits per heavy atom. The molecule has 3 rings (SSSR count). The Morgan fingerprint density at radius 2 is 1.57 bits per heavy atom. The lowest BCUT2D eigenvalue weighted by Crippen LogP contribution is -3.30. The van der Waals surface area contributed by atoms with Gasteiger partial charge in [-0.1, -0.05) is 66.7 Å². The van der Waals surface area contributed by atoms with Gasteiger partial charge in [0.05, 0.1) is 12.6 Å². The third-order valence-corrected chi connectivity index (χ3v) is 5.78. The van der Waals surface area contributed by atoms with Crippen LogP contribution in [0.3, 0.4) is 0 Å². The van der Waals surface area contributed by atoms with Crippen molar-refractivity contribution in [1.82, 2.24) is 5.32 Å². The Labute approximate surface area is 168 Å². The van der Waals surface area contributed by atoms with Gasteiger partial charge in [-0.15, -0.1) is 0 Å². The number of amides is 1. The number of hydrogen-bond donors (Lipinski definition) is 3. The van der Waals surface area contributed by atoms with Crippen LogP contribution in [0.4, 0.5) is 0 Å². The molecule has 1 amide bonds. The van der Waals surface area contributed by atoms with Gasteiger partial charge in [-0.25, -0.2) is 0 Å². The minimum absolute atomic E-state index is 0.00688. The second-order valence-corrected chi connectivity index (χ2v) is 7.79. The van der Waals surface area contributed by atoms with Crippen molar-refractivity contribution in [2.75, 3.05) is 32.7 Å². The number of rotatable bonds is 7. The Balaban J connectivity index is 1.42. The first-order valence-electron chi connectivity index (χ1n) is 10.4. The van der Waals surface area contributed by atoms with Crippen molar-refractivity contribution in [3.63, 3.8) is 0 Å². The average Bonchev–Trinajstić information content (AvgIpc) is 2.75. The summed E-state index contributed by atoms with van der Waals surface area (Å²) >= 11 is 0. The van der Waals surface area contributed by atoms with E-state index in [-0.39, 0.29) is 18.0 Å². The maximum Gasteiger partial charge on any atom is 0.278 e. The van der Waals surface area contributed by atoms with Crippen LogP contribution >= 0.6 is 0 Å². The van der Waals surface area contributed by atoms with Crippen molar-refractivity contribution in [1.29, 1.82) is 0 Å². The first kappa shape index (κ1) is 20.3. The molecular weight excluding hydrogens is 346 g/mol. The number of hydrogen-bond acceptors (Lipinski definition) is 1. The molecule has 1 aliphatic rings. The molecule has 0 bridgehead atoms. The van der Waals surface area contributed by atoms with Crippen molar-refractivity contribution >= 4 is 12.0 Å². The maximum atomic E-state index is 12.7. The van der Waals surface area contributed by atoms with Crippen LogP contribution in [0.5, 0.6) is 0 Å². The van der Waals surface area contributed by atoms with E-state index in [0.29, 0.717) is 0 Å². The second kappa shape index (κ2) is 10.2. The normalized spacial score (nSPS) is 21.9. The van der Waals surface area contributed by atoms with Gasteiger partial charge in [0, 0.05) is 0 Å². The standard InChI is InChI=1S/C24H31N3O/c1-20(23-13-7-4-8-14-23)25-24(28)21(2)27-18-16-26(17-19-27)15-9-12-22-10-5-3-6-11-22/h3-14,20-21H,15-19H2,1-2H3,(H,25,28)/p+2/b12-9+/t20-,21+/m1/s1. The predicted octanol–water partition coefficient (Wildman–Crippen LogP) is 0.749. The van der Waals surface area contributed by atoms with Gasteiger partial charge in [0.1, 0.15) is 26.2 Å². The van der Waals surface area contributed by atoms with Crippen molar-refractivity contribution in [2.24, 2.45) is 0 Å². The summed E-state index contributed by atoms with van der Waals surface area (Å²) in [5.41, 5.74) is 2.40. The summed E-state index contributed by atoms with van der Waals surface area (Å²) in [6.07, 6.45) is 4.47. The fourth-order valence-corrected chi connectivity index (χ4v) is 3.84. The van der Waals surface area contributed by atoms with Gasteiger partial charge in [-0.05, 0) is 31.1 Å². The quantitative estimate of drug-likeness (QED) is 0.653. The van der Waals surface area contributed by atoms with E-state index >= 15 is 0 Å². The van der Waals surface area contributed by atoms with E-state index in [1.165, 1.54) is 10.5 Å². The van der Waals surface area contributed by atoms with Crippen molar-refractivity contribution < 1.29 is 14.6 Å². The molecule has 148 valence electrons. The van der Waals surface area contributed by atoms with E-state index in [1.807, 2.05) is 24.3 Å². The molecule has 0 aromatic heterocycles. The Kier molecular flexibility index (Phi) is 7.40. The molecule has 4 nitrogen and oxygen atoms in total. The summed E-state index contributed by atoms with van der Waals surface area (Å²) in [7, 11) is 0. The lowest BCUT2D eigenvalue weighted by molar-refractivity contribution is -1.02. The predicted molar refractivity (Wildman–Crippen MR) is 114 cm³/mol. The molecule has 2 aromatic carbocycles. The zero-order valence-corrected chi connectivity index (χ0v) is 17.0. The highest BCUT2D eigenvalue weighted by molar-refractivity contribution is 5.80. The molecule has 0 unspecified atom stereocenters. The molecule has 28 heavy (non-hydrogen) atoms. The Bertz CT molecular complexity index is 752. The molecule has 0 aliphatic carbocycles. The molecule has 0 saturated carbocycles. The summed E-state index contributed by atoms with van der Waals surface area (Å²) in [6.45, 7) is 9.47. The SMILES string of the molecule is C[C@@H](NC(=O)[C@H](C)[NH+]1CC[NH+](C/C=C/c2ccccc2)CC1)c1ccccc1.